The SMILES string of the molecule is CCCNS(=O)(=O)c1cc(N=NC2C(=O)NC(=S)NC2=O)ccc1-c1ccc(N=NC2C(=O)NC(=S)NC2=O)cc1N(CCC)S(=O)O. The number of nitrogens with one attached hydrogen (secondary N) is 5. The lowest BCUT2D eigenvalue weighted by Gasteiger charge is -2.24. The van der Waals surface area contributed by atoms with Crippen molar-refractivity contribution in [2.45, 2.75) is 43.7 Å². The summed E-state index contributed by atoms with van der Waals surface area (Å²) in [6.07, 6.45) is 0.874. The van der Waals surface area contributed by atoms with Crippen molar-refractivity contribution in [2.75, 3.05) is 17.4 Å². The lowest BCUT2D eigenvalue weighted by molar-refractivity contribution is -0.132. The van der Waals surface area contributed by atoms with Crippen LogP contribution in [0, 0.1) is 0 Å². The molecule has 18 nitrogen and oxygen atoms in total. The molecule has 1 atom stereocenters. The summed E-state index contributed by atoms with van der Waals surface area (Å²) in [5.74, 6) is -3.23. The molecule has 0 saturated carbocycles. The van der Waals surface area contributed by atoms with Crippen LogP contribution in [0.15, 0.2) is 61.8 Å². The molecule has 2 aromatic rings. The predicted molar refractivity (Wildman–Crippen MR) is 180 cm³/mol. The standard InChI is InChI=1S/C26H28N10O8S4/c1-3-9-27-48(43,44)18-12-14(33-35-20-23(39)30-26(46)31-24(20)40)6-8-16(18)15-7-5-13(11-17(15)36(10-4-2)47(41)42)32-34-19-21(37)28-25(45)29-22(19)38/h5-8,11-12,19-20,27H,3-4,9-10H2,1-2H3,(H,41,42)(H2,28,29,37,38,45)(H2,30,31,39,40,46). The summed E-state index contributed by atoms with van der Waals surface area (Å²) in [6.45, 7) is 3.66. The van der Waals surface area contributed by atoms with E-state index in [1.54, 1.807) is 13.8 Å². The van der Waals surface area contributed by atoms with Crippen LogP contribution in [0.2, 0.25) is 0 Å². The smallest absolute Gasteiger partial charge is 0.262 e. The molecule has 1 unspecified atom stereocenters. The first kappa shape index (κ1) is 36.4. The average molecular weight is 737 g/mol. The number of thiocarbonyl (C=S) groups is 2. The third-order valence-electron chi connectivity index (χ3n) is 6.47. The number of nitrogens with zero attached hydrogens (tertiary/aromatic N) is 5. The van der Waals surface area contributed by atoms with E-state index in [1.165, 1.54) is 36.4 Å². The van der Waals surface area contributed by atoms with Crippen LogP contribution in [-0.2, 0) is 40.5 Å². The monoisotopic (exact) mass is 736 g/mol. The molecule has 0 aromatic heterocycles. The molecular formula is C26H28N10O8S4. The number of benzene rings is 2. The number of hydrogen-bond acceptors (Lipinski definition) is 13. The summed E-state index contributed by atoms with van der Waals surface area (Å²) in [4.78, 5) is 48.6. The van der Waals surface area contributed by atoms with E-state index in [0.29, 0.717) is 12.8 Å². The van der Waals surface area contributed by atoms with Gasteiger partial charge in [0.15, 0.2) is 10.2 Å². The molecule has 2 saturated heterocycles. The number of rotatable bonds is 13. The van der Waals surface area contributed by atoms with E-state index in [1.807, 2.05) is 0 Å². The highest BCUT2D eigenvalue weighted by molar-refractivity contribution is 7.89. The highest BCUT2D eigenvalue weighted by Gasteiger charge is 2.34. The van der Waals surface area contributed by atoms with Gasteiger partial charge in [0.2, 0.25) is 22.1 Å². The zero-order valence-corrected chi connectivity index (χ0v) is 28.4. The molecule has 0 aliphatic carbocycles. The Kier molecular flexibility index (Phi) is 11.8. The topological polar surface area (TPSA) is 253 Å². The Balaban J connectivity index is 1.84. The maximum atomic E-state index is 13.6. The molecule has 2 fully saturated rings. The lowest BCUT2D eigenvalue weighted by Crippen LogP contribution is -2.57. The molecule has 2 heterocycles. The van der Waals surface area contributed by atoms with Crippen molar-refractivity contribution in [1.82, 2.24) is 26.0 Å². The normalized spacial score (nSPS) is 17.0. The predicted octanol–water partition coefficient (Wildman–Crippen LogP) is 1.36. The third-order valence-corrected chi connectivity index (χ3v) is 9.14. The number of carbonyl (C=O) groups is 4. The summed E-state index contributed by atoms with van der Waals surface area (Å²) in [7, 11) is -4.25. The Labute approximate surface area is 287 Å². The fourth-order valence-electron chi connectivity index (χ4n) is 4.31. The maximum absolute atomic E-state index is 13.6. The largest absolute Gasteiger partial charge is 0.300 e. The van der Waals surface area contributed by atoms with Gasteiger partial charge in [0.05, 0.1) is 22.0 Å². The quantitative estimate of drug-likeness (QED) is 0.0745. The van der Waals surface area contributed by atoms with Gasteiger partial charge in [0.25, 0.3) is 34.9 Å². The van der Waals surface area contributed by atoms with E-state index < -0.39 is 57.0 Å². The Morgan fingerprint density at radius 3 is 1.75 bits per heavy atom. The van der Waals surface area contributed by atoms with Crippen molar-refractivity contribution in [3.8, 4) is 11.1 Å². The summed E-state index contributed by atoms with van der Waals surface area (Å²) in [5, 5.41) is 24.2. The van der Waals surface area contributed by atoms with E-state index in [2.05, 4.69) is 46.4 Å². The van der Waals surface area contributed by atoms with Crippen LogP contribution in [0.3, 0.4) is 0 Å². The van der Waals surface area contributed by atoms with Gasteiger partial charge >= 0.3 is 0 Å². The first-order chi connectivity index (χ1) is 22.7. The summed E-state index contributed by atoms with van der Waals surface area (Å²) < 4.78 is 53.5. The van der Waals surface area contributed by atoms with Gasteiger partial charge in [0, 0.05) is 24.2 Å². The minimum Gasteiger partial charge on any atom is -0.300 e. The second-order valence-corrected chi connectivity index (χ2v) is 13.4. The fraction of sp³-hybridized carbons (Fsp3) is 0.308. The molecule has 0 bridgehead atoms. The second kappa shape index (κ2) is 15.6. The van der Waals surface area contributed by atoms with Gasteiger partial charge < -0.3 is 21.3 Å². The van der Waals surface area contributed by atoms with Crippen molar-refractivity contribution in [1.29, 1.82) is 0 Å². The molecule has 0 spiro atoms. The van der Waals surface area contributed by atoms with Crippen LogP contribution in [0.25, 0.3) is 11.1 Å². The number of amides is 4. The highest BCUT2D eigenvalue weighted by Crippen LogP contribution is 2.40. The number of carbonyl (C=O) groups excluding carboxylic acids is 4. The minimum absolute atomic E-state index is 0.0315. The molecule has 4 amide bonds. The van der Waals surface area contributed by atoms with Gasteiger partial charge in [-0.05, 0) is 61.5 Å². The van der Waals surface area contributed by atoms with E-state index >= 15 is 0 Å². The van der Waals surface area contributed by atoms with Gasteiger partial charge in [-0.25, -0.2) is 17.3 Å². The average Bonchev–Trinajstić information content (AvgIpc) is 3.01. The van der Waals surface area contributed by atoms with Gasteiger partial charge in [0.1, 0.15) is 0 Å². The first-order valence-corrected chi connectivity index (χ1v) is 17.4. The molecule has 4 rings (SSSR count). The number of anilines is 1. The molecule has 0 radical (unpaired) electrons. The van der Waals surface area contributed by atoms with Crippen LogP contribution in [0.4, 0.5) is 17.1 Å². The van der Waals surface area contributed by atoms with Crippen molar-refractivity contribution < 1.29 is 36.4 Å². The summed E-state index contributed by atoms with van der Waals surface area (Å²) >= 11 is 6.97. The molecule has 22 heteroatoms. The first-order valence-electron chi connectivity index (χ1n) is 14.1. The molecule has 2 aliphatic heterocycles. The van der Waals surface area contributed by atoms with Crippen LogP contribution < -0.4 is 30.3 Å². The molecule has 254 valence electrons. The molecule has 2 aromatic carbocycles. The van der Waals surface area contributed by atoms with Gasteiger partial charge in [-0.15, -0.1) is 0 Å². The Morgan fingerprint density at radius 2 is 1.29 bits per heavy atom. The summed E-state index contributed by atoms with van der Waals surface area (Å²) in [5.41, 5.74) is 0.372. The van der Waals surface area contributed by atoms with Crippen molar-refractivity contribution in [3.05, 3.63) is 36.4 Å². The molecular weight excluding hydrogens is 709 g/mol. The number of hydrogen-bond donors (Lipinski definition) is 6. The minimum atomic E-state index is -4.25. The van der Waals surface area contributed by atoms with Crippen molar-refractivity contribution in [2.24, 2.45) is 20.5 Å². The van der Waals surface area contributed by atoms with Crippen LogP contribution in [0.1, 0.15) is 26.7 Å². The molecule has 2 aliphatic rings. The van der Waals surface area contributed by atoms with Gasteiger partial charge in [-0.3, -0.25) is 28.0 Å². The van der Waals surface area contributed by atoms with E-state index in [-0.39, 0.29) is 56.4 Å². The van der Waals surface area contributed by atoms with Crippen molar-refractivity contribution >= 4 is 96.6 Å². The van der Waals surface area contributed by atoms with Gasteiger partial charge in [-0.1, -0.05) is 26.0 Å². The Hall–Kier alpha value is -4.48. The fourth-order valence-corrected chi connectivity index (χ4v) is 6.75. The van der Waals surface area contributed by atoms with Crippen LogP contribution >= 0.6 is 24.4 Å². The zero-order chi connectivity index (χ0) is 35.2. The van der Waals surface area contributed by atoms with Crippen LogP contribution in [0.5, 0.6) is 0 Å². The zero-order valence-electron chi connectivity index (χ0n) is 25.1. The van der Waals surface area contributed by atoms with E-state index in [0.717, 1.165) is 4.31 Å². The highest BCUT2D eigenvalue weighted by atomic mass is 32.2. The Bertz CT molecular complexity index is 1850. The lowest BCUT2D eigenvalue weighted by atomic mass is 10.0. The number of sulfonamides is 1. The number of azo groups is 2. The Morgan fingerprint density at radius 1 is 0.812 bits per heavy atom. The van der Waals surface area contributed by atoms with Crippen molar-refractivity contribution in [3.63, 3.8) is 0 Å². The van der Waals surface area contributed by atoms with Crippen LogP contribution in [-0.4, -0.2) is 76.2 Å². The second-order valence-electron chi connectivity index (χ2n) is 9.96. The molecule has 6 N–H and O–H groups in total. The third kappa shape index (κ3) is 8.51. The van der Waals surface area contributed by atoms with Gasteiger partial charge in [-0.2, -0.15) is 20.5 Å². The van der Waals surface area contributed by atoms with E-state index in [4.69, 9.17) is 24.4 Å². The molecule has 48 heavy (non-hydrogen) atoms. The summed E-state index contributed by atoms with van der Waals surface area (Å²) in [6, 6.07) is 4.99. The maximum Gasteiger partial charge on any atom is 0.262 e. The van der Waals surface area contributed by atoms with E-state index in [9.17, 15) is 36.4 Å².